The minimum absolute atomic E-state index is 0.218. The molecular weight excluding hydrogens is 197 g/mol. The molecule has 0 fully saturated rings. The van der Waals surface area contributed by atoms with Crippen molar-refractivity contribution in [2.24, 2.45) is 0 Å². The Balaban J connectivity index is 3.34. The molecule has 0 heterocycles. The molecule has 0 saturated carbocycles. The van der Waals surface area contributed by atoms with Gasteiger partial charge in [0.2, 0.25) is 0 Å². The fourth-order valence-electron chi connectivity index (χ4n) is 1.28. The van der Waals surface area contributed by atoms with Crippen molar-refractivity contribution in [3.8, 4) is 0 Å². The molecule has 1 rings (SSSR count). The van der Waals surface area contributed by atoms with Crippen molar-refractivity contribution in [3.63, 3.8) is 0 Å². The second kappa shape index (κ2) is 3.98. The smallest absolute Gasteiger partial charge is 0.392 e. The van der Waals surface area contributed by atoms with Crippen molar-refractivity contribution >= 4 is 0 Å². The van der Waals surface area contributed by atoms with Crippen molar-refractivity contribution < 1.29 is 23.4 Å². The lowest BCUT2D eigenvalue weighted by Gasteiger charge is -2.14. The Bertz CT molecular complexity index is 298. The average Bonchev–Trinajstić information content (AvgIpc) is 2.15. The SMILES string of the molecule is OCc1cccc(CO)c1C(F)(F)F. The monoisotopic (exact) mass is 206 g/mol. The lowest BCUT2D eigenvalue weighted by Crippen LogP contribution is -2.13. The van der Waals surface area contributed by atoms with Crippen LogP contribution in [-0.4, -0.2) is 10.2 Å². The topological polar surface area (TPSA) is 40.5 Å². The summed E-state index contributed by atoms with van der Waals surface area (Å²) in [5.74, 6) is 0. The van der Waals surface area contributed by atoms with Crippen LogP contribution in [0.2, 0.25) is 0 Å². The number of hydrogen-bond acceptors (Lipinski definition) is 2. The second-order valence-electron chi connectivity index (χ2n) is 2.77. The third kappa shape index (κ3) is 2.05. The number of benzene rings is 1. The molecule has 5 heteroatoms. The summed E-state index contributed by atoms with van der Waals surface area (Å²) in [5.41, 5.74) is -1.38. The van der Waals surface area contributed by atoms with Crippen LogP contribution in [0.1, 0.15) is 16.7 Å². The summed E-state index contributed by atoms with van der Waals surface area (Å²) in [6.07, 6.45) is -4.54. The van der Waals surface area contributed by atoms with Crippen LogP contribution in [0.4, 0.5) is 13.2 Å². The molecule has 0 amide bonds. The molecule has 14 heavy (non-hydrogen) atoms. The van der Waals surface area contributed by atoms with E-state index in [9.17, 15) is 13.2 Å². The van der Waals surface area contributed by atoms with E-state index in [2.05, 4.69) is 0 Å². The molecule has 0 spiro atoms. The Morgan fingerprint density at radius 1 is 1.00 bits per heavy atom. The van der Waals surface area contributed by atoms with Gasteiger partial charge in [-0.3, -0.25) is 0 Å². The molecule has 2 N–H and O–H groups in total. The zero-order valence-electron chi connectivity index (χ0n) is 7.17. The molecule has 0 aliphatic rings. The first-order valence-corrected chi connectivity index (χ1v) is 3.90. The first-order valence-electron chi connectivity index (χ1n) is 3.90. The van der Waals surface area contributed by atoms with E-state index in [1.54, 1.807) is 0 Å². The molecule has 0 aliphatic carbocycles. The van der Waals surface area contributed by atoms with Crippen LogP contribution in [0, 0.1) is 0 Å². The van der Waals surface area contributed by atoms with Crippen LogP contribution in [0.25, 0.3) is 0 Å². The van der Waals surface area contributed by atoms with Crippen molar-refractivity contribution in [1.29, 1.82) is 0 Å². The minimum atomic E-state index is -4.54. The van der Waals surface area contributed by atoms with Gasteiger partial charge in [-0.15, -0.1) is 0 Å². The van der Waals surface area contributed by atoms with Gasteiger partial charge in [0.1, 0.15) is 0 Å². The van der Waals surface area contributed by atoms with E-state index < -0.39 is 25.0 Å². The maximum Gasteiger partial charge on any atom is 0.417 e. The Hall–Kier alpha value is -1.07. The summed E-state index contributed by atoms with van der Waals surface area (Å²) in [7, 11) is 0. The first kappa shape index (κ1) is 11.0. The fraction of sp³-hybridized carbons (Fsp3) is 0.333. The summed E-state index contributed by atoms with van der Waals surface area (Å²) < 4.78 is 37.4. The van der Waals surface area contributed by atoms with E-state index in [1.807, 2.05) is 0 Å². The van der Waals surface area contributed by atoms with Crippen LogP contribution in [0.5, 0.6) is 0 Å². The number of aliphatic hydroxyl groups excluding tert-OH is 2. The Morgan fingerprint density at radius 3 is 1.71 bits per heavy atom. The average molecular weight is 206 g/mol. The Morgan fingerprint density at radius 2 is 1.43 bits per heavy atom. The van der Waals surface area contributed by atoms with Gasteiger partial charge in [0.15, 0.2) is 0 Å². The third-order valence-electron chi connectivity index (χ3n) is 1.86. The van der Waals surface area contributed by atoms with Gasteiger partial charge in [-0.1, -0.05) is 18.2 Å². The lowest BCUT2D eigenvalue weighted by atomic mass is 10.0. The van der Waals surface area contributed by atoms with Crippen molar-refractivity contribution in [2.45, 2.75) is 19.4 Å². The van der Waals surface area contributed by atoms with Gasteiger partial charge < -0.3 is 10.2 Å². The largest absolute Gasteiger partial charge is 0.417 e. The molecule has 0 radical (unpaired) electrons. The summed E-state index contributed by atoms with van der Waals surface area (Å²) in [6, 6.07) is 3.73. The minimum Gasteiger partial charge on any atom is -0.392 e. The van der Waals surface area contributed by atoms with Crippen molar-refractivity contribution in [1.82, 2.24) is 0 Å². The van der Waals surface area contributed by atoms with Crippen LogP contribution in [0.3, 0.4) is 0 Å². The zero-order chi connectivity index (χ0) is 10.8. The molecular formula is C9H9F3O2. The highest BCUT2D eigenvalue weighted by atomic mass is 19.4. The maximum absolute atomic E-state index is 12.5. The zero-order valence-corrected chi connectivity index (χ0v) is 7.17. The molecule has 0 unspecified atom stereocenters. The number of rotatable bonds is 2. The van der Waals surface area contributed by atoms with E-state index in [-0.39, 0.29) is 11.1 Å². The van der Waals surface area contributed by atoms with Crippen LogP contribution in [-0.2, 0) is 19.4 Å². The number of aliphatic hydroxyl groups is 2. The van der Waals surface area contributed by atoms with Gasteiger partial charge in [-0.2, -0.15) is 13.2 Å². The highest BCUT2D eigenvalue weighted by Gasteiger charge is 2.35. The molecule has 0 aromatic heterocycles. The van der Waals surface area contributed by atoms with Crippen LogP contribution < -0.4 is 0 Å². The summed E-state index contributed by atoms with van der Waals surface area (Å²) in [5, 5.41) is 17.4. The molecule has 1 aromatic carbocycles. The molecule has 0 bridgehead atoms. The van der Waals surface area contributed by atoms with Crippen LogP contribution >= 0.6 is 0 Å². The number of halogens is 3. The lowest BCUT2D eigenvalue weighted by molar-refractivity contribution is -0.139. The van der Waals surface area contributed by atoms with Gasteiger partial charge >= 0.3 is 6.18 Å². The van der Waals surface area contributed by atoms with E-state index in [4.69, 9.17) is 10.2 Å². The number of alkyl halides is 3. The molecule has 78 valence electrons. The maximum atomic E-state index is 12.5. The van der Waals surface area contributed by atoms with E-state index >= 15 is 0 Å². The van der Waals surface area contributed by atoms with Crippen molar-refractivity contribution in [3.05, 3.63) is 34.9 Å². The van der Waals surface area contributed by atoms with Gasteiger partial charge in [-0.05, 0) is 11.1 Å². The standard InChI is InChI=1S/C9H9F3O2/c10-9(11,12)8-6(4-13)2-1-3-7(8)5-14/h1-3,13-14H,4-5H2. The normalized spacial score (nSPS) is 11.8. The Labute approximate surface area is 78.6 Å². The molecule has 0 atom stereocenters. The first-order chi connectivity index (χ1) is 6.50. The highest BCUT2D eigenvalue weighted by Crippen LogP contribution is 2.34. The third-order valence-corrected chi connectivity index (χ3v) is 1.86. The van der Waals surface area contributed by atoms with E-state index in [0.29, 0.717) is 0 Å². The van der Waals surface area contributed by atoms with E-state index in [0.717, 1.165) is 0 Å². The van der Waals surface area contributed by atoms with Gasteiger partial charge in [0.25, 0.3) is 0 Å². The molecule has 0 saturated heterocycles. The summed E-state index contributed by atoms with van der Waals surface area (Å²) in [6.45, 7) is -1.38. The Kier molecular flexibility index (Phi) is 3.13. The van der Waals surface area contributed by atoms with Gasteiger partial charge in [-0.25, -0.2) is 0 Å². The predicted octanol–water partition coefficient (Wildman–Crippen LogP) is 1.69. The van der Waals surface area contributed by atoms with Crippen molar-refractivity contribution in [2.75, 3.05) is 0 Å². The van der Waals surface area contributed by atoms with E-state index in [1.165, 1.54) is 18.2 Å². The quantitative estimate of drug-likeness (QED) is 0.773. The second-order valence-corrected chi connectivity index (χ2v) is 2.77. The molecule has 1 aromatic rings. The van der Waals surface area contributed by atoms with Gasteiger partial charge in [0, 0.05) is 0 Å². The highest BCUT2D eigenvalue weighted by molar-refractivity contribution is 5.36. The fourth-order valence-corrected chi connectivity index (χ4v) is 1.28. The summed E-state index contributed by atoms with van der Waals surface area (Å²) in [4.78, 5) is 0. The van der Waals surface area contributed by atoms with Crippen LogP contribution in [0.15, 0.2) is 18.2 Å². The molecule has 0 aliphatic heterocycles. The number of hydrogen-bond donors (Lipinski definition) is 2. The molecule has 2 nitrogen and oxygen atoms in total. The summed E-state index contributed by atoms with van der Waals surface area (Å²) >= 11 is 0. The predicted molar refractivity (Wildman–Crippen MR) is 43.3 cm³/mol. The van der Waals surface area contributed by atoms with Gasteiger partial charge in [0.05, 0.1) is 18.8 Å².